The second-order valence-electron chi connectivity index (χ2n) is 6.38. The second-order valence-corrected chi connectivity index (χ2v) is 6.81. The molecule has 5 nitrogen and oxygen atoms in total. The zero-order valence-electron chi connectivity index (χ0n) is 15.6. The first kappa shape index (κ1) is 20.3. The number of hydrogen-bond acceptors (Lipinski definition) is 4. The number of halogens is 1. The number of ketones is 1. The Labute approximate surface area is 173 Å². The van der Waals surface area contributed by atoms with Gasteiger partial charge in [-0.2, -0.15) is 0 Å². The zero-order chi connectivity index (χ0) is 20.8. The largest absolute Gasteiger partial charge is 0.452 e. The van der Waals surface area contributed by atoms with Crippen LogP contribution in [0.3, 0.4) is 0 Å². The Hall–Kier alpha value is -3.44. The lowest BCUT2D eigenvalue weighted by Crippen LogP contribution is -2.22. The van der Waals surface area contributed by atoms with E-state index in [4.69, 9.17) is 16.3 Å². The van der Waals surface area contributed by atoms with Gasteiger partial charge < -0.3 is 10.1 Å². The lowest BCUT2D eigenvalue weighted by molar-refractivity contribution is -0.119. The summed E-state index contributed by atoms with van der Waals surface area (Å²) >= 11 is 5.87. The minimum atomic E-state index is -0.748. The number of carbonyl (C=O) groups is 3. The molecular weight excluding hydrogens is 390 g/mol. The highest BCUT2D eigenvalue weighted by Gasteiger charge is 2.20. The van der Waals surface area contributed by atoms with Crippen molar-refractivity contribution < 1.29 is 19.1 Å². The molecule has 0 atom stereocenters. The van der Waals surface area contributed by atoms with E-state index < -0.39 is 18.5 Å². The van der Waals surface area contributed by atoms with E-state index in [1.807, 2.05) is 19.1 Å². The van der Waals surface area contributed by atoms with E-state index in [0.29, 0.717) is 16.3 Å². The van der Waals surface area contributed by atoms with Crippen molar-refractivity contribution in [2.24, 2.45) is 0 Å². The zero-order valence-corrected chi connectivity index (χ0v) is 16.4. The number of aryl methyl sites for hydroxylation is 1. The van der Waals surface area contributed by atoms with Gasteiger partial charge in [-0.3, -0.25) is 9.59 Å². The third kappa shape index (κ3) is 5.30. The fraction of sp³-hybridized carbons (Fsp3) is 0.0870. The number of ether oxygens (including phenoxy) is 1. The molecule has 0 unspecified atom stereocenters. The molecule has 0 aliphatic heterocycles. The predicted molar refractivity (Wildman–Crippen MR) is 111 cm³/mol. The summed E-state index contributed by atoms with van der Waals surface area (Å²) in [6.07, 6.45) is 0. The molecule has 6 heteroatoms. The molecule has 0 aromatic heterocycles. The quantitative estimate of drug-likeness (QED) is 0.476. The molecule has 0 saturated carbocycles. The molecule has 1 N–H and O–H groups in total. The highest BCUT2D eigenvalue weighted by molar-refractivity contribution is 6.30. The number of amides is 1. The maximum Gasteiger partial charge on any atom is 0.339 e. The minimum absolute atomic E-state index is 0.105. The van der Waals surface area contributed by atoms with Gasteiger partial charge in [0, 0.05) is 21.8 Å². The number of hydrogen-bond donors (Lipinski definition) is 1. The van der Waals surface area contributed by atoms with E-state index in [1.54, 1.807) is 54.6 Å². The fourth-order valence-corrected chi connectivity index (χ4v) is 2.88. The molecule has 3 rings (SSSR count). The maximum atomic E-state index is 12.8. The average molecular weight is 408 g/mol. The van der Waals surface area contributed by atoms with Crippen molar-refractivity contribution in [2.45, 2.75) is 6.92 Å². The van der Waals surface area contributed by atoms with Crippen molar-refractivity contribution in [3.63, 3.8) is 0 Å². The second kappa shape index (κ2) is 9.17. The normalized spacial score (nSPS) is 10.3. The number of nitrogens with one attached hydrogen (secondary N) is 1. The predicted octanol–water partition coefficient (Wildman–Crippen LogP) is 4.67. The molecule has 0 radical (unpaired) electrons. The van der Waals surface area contributed by atoms with Gasteiger partial charge >= 0.3 is 5.97 Å². The third-order valence-corrected chi connectivity index (χ3v) is 4.38. The summed E-state index contributed by atoms with van der Waals surface area (Å²) in [5, 5.41) is 3.07. The van der Waals surface area contributed by atoms with Gasteiger partial charge in [0.1, 0.15) is 0 Å². The first-order valence-electron chi connectivity index (χ1n) is 8.87. The first-order valence-corrected chi connectivity index (χ1v) is 9.25. The molecule has 3 aromatic carbocycles. The number of esters is 1. The van der Waals surface area contributed by atoms with Crippen LogP contribution >= 0.6 is 11.6 Å². The first-order chi connectivity index (χ1) is 13.9. The third-order valence-electron chi connectivity index (χ3n) is 4.15. The number of benzene rings is 3. The molecule has 0 saturated heterocycles. The molecule has 0 spiro atoms. The van der Waals surface area contributed by atoms with Crippen molar-refractivity contribution in [2.75, 3.05) is 11.9 Å². The standard InChI is InChI=1S/C23H18ClNO4/c1-15-9-11-16(12-10-15)22(27)19-7-2-3-8-20(19)23(28)29-14-21(26)25-18-6-4-5-17(24)13-18/h2-13H,14H2,1H3,(H,25,26). The molecule has 146 valence electrons. The van der Waals surface area contributed by atoms with Crippen LogP contribution in [0.1, 0.15) is 31.8 Å². The Morgan fingerprint density at radius 3 is 2.28 bits per heavy atom. The van der Waals surface area contributed by atoms with Gasteiger partial charge in [0.15, 0.2) is 12.4 Å². The van der Waals surface area contributed by atoms with Crippen molar-refractivity contribution >= 4 is 34.9 Å². The van der Waals surface area contributed by atoms with E-state index in [-0.39, 0.29) is 16.9 Å². The monoisotopic (exact) mass is 407 g/mol. The van der Waals surface area contributed by atoms with Crippen LogP contribution in [-0.4, -0.2) is 24.3 Å². The van der Waals surface area contributed by atoms with E-state index >= 15 is 0 Å². The average Bonchev–Trinajstić information content (AvgIpc) is 2.72. The lowest BCUT2D eigenvalue weighted by atomic mass is 9.98. The molecule has 0 bridgehead atoms. The fourth-order valence-electron chi connectivity index (χ4n) is 2.69. The number of anilines is 1. The van der Waals surface area contributed by atoms with Gasteiger partial charge in [-0.1, -0.05) is 65.7 Å². The van der Waals surface area contributed by atoms with E-state index in [1.165, 1.54) is 6.07 Å². The smallest absolute Gasteiger partial charge is 0.339 e. The van der Waals surface area contributed by atoms with Gasteiger partial charge in [0.2, 0.25) is 0 Å². The van der Waals surface area contributed by atoms with Gasteiger partial charge in [-0.25, -0.2) is 4.79 Å². The highest BCUT2D eigenvalue weighted by atomic mass is 35.5. The maximum absolute atomic E-state index is 12.8. The summed E-state index contributed by atoms with van der Waals surface area (Å²) in [6, 6.07) is 20.1. The van der Waals surface area contributed by atoms with Crippen molar-refractivity contribution in [3.05, 3.63) is 100 Å². The van der Waals surface area contributed by atoms with E-state index in [2.05, 4.69) is 5.32 Å². The highest BCUT2D eigenvalue weighted by Crippen LogP contribution is 2.17. The summed E-state index contributed by atoms with van der Waals surface area (Å²) in [5.74, 6) is -1.55. The topological polar surface area (TPSA) is 72.5 Å². The number of carbonyl (C=O) groups excluding carboxylic acids is 3. The van der Waals surface area contributed by atoms with Gasteiger partial charge in [0.25, 0.3) is 5.91 Å². The minimum Gasteiger partial charge on any atom is -0.452 e. The molecular formula is C23H18ClNO4. The molecule has 3 aromatic rings. The molecule has 0 aliphatic rings. The van der Waals surface area contributed by atoms with Gasteiger partial charge in [-0.05, 0) is 31.2 Å². The van der Waals surface area contributed by atoms with Crippen LogP contribution < -0.4 is 5.32 Å². The Balaban J connectivity index is 1.69. The SMILES string of the molecule is Cc1ccc(C(=O)c2ccccc2C(=O)OCC(=O)Nc2cccc(Cl)c2)cc1. The van der Waals surface area contributed by atoms with Crippen LogP contribution in [0, 0.1) is 6.92 Å². The molecule has 1 amide bonds. The van der Waals surface area contributed by atoms with Crippen LogP contribution in [0.5, 0.6) is 0 Å². The Morgan fingerprint density at radius 2 is 1.59 bits per heavy atom. The molecule has 0 heterocycles. The van der Waals surface area contributed by atoms with Gasteiger partial charge in [-0.15, -0.1) is 0 Å². The molecule has 29 heavy (non-hydrogen) atoms. The van der Waals surface area contributed by atoms with Gasteiger partial charge in [0.05, 0.1) is 5.56 Å². The summed E-state index contributed by atoms with van der Waals surface area (Å²) < 4.78 is 5.10. The Kier molecular flexibility index (Phi) is 6.42. The molecule has 0 aliphatic carbocycles. The summed E-state index contributed by atoms with van der Waals surface area (Å²) in [6.45, 7) is 1.44. The van der Waals surface area contributed by atoms with Crippen molar-refractivity contribution in [3.8, 4) is 0 Å². The van der Waals surface area contributed by atoms with Crippen LogP contribution in [0.15, 0.2) is 72.8 Å². The summed E-state index contributed by atoms with van der Waals surface area (Å²) in [5.41, 5.74) is 2.31. The van der Waals surface area contributed by atoms with E-state index in [0.717, 1.165) is 5.56 Å². The van der Waals surface area contributed by atoms with Crippen LogP contribution in [0.2, 0.25) is 5.02 Å². The number of rotatable bonds is 6. The van der Waals surface area contributed by atoms with Crippen LogP contribution in [0.4, 0.5) is 5.69 Å². The van der Waals surface area contributed by atoms with Crippen molar-refractivity contribution in [1.29, 1.82) is 0 Å². The van der Waals surface area contributed by atoms with Crippen LogP contribution in [0.25, 0.3) is 0 Å². The Bertz CT molecular complexity index is 1060. The van der Waals surface area contributed by atoms with Crippen molar-refractivity contribution in [1.82, 2.24) is 0 Å². The summed E-state index contributed by atoms with van der Waals surface area (Å²) in [4.78, 5) is 37.3. The molecule has 0 fully saturated rings. The lowest BCUT2D eigenvalue weighted by Gasteiger charge is -2.10. The van der Waals surface area contributed by atoms with Crippen LogP contribution in [-0.2, 0) is 9.53 Å². The van der Waals surface area contributed by atoms with E-state index in [9.17, 15) is 14.4 Å². The summed E-state index contributed by atoms with van der Waals surface area (Å²) in [7, 11) is 0. The Morgan fingerprint density at radius 1 is 0.897 bits per heavy atom.